The minimum atomic E-state index is 0.643. The molecule has 18 heavy (non-hydrogen) atoms. The Kier molecular flexibility index (Phi) is 2.74. The lowest BCUT2D eigenvalue weighted by Crippen LogP contribution is -2.22. The predicted molar refractivity (Wildman–Crippen MR) is 75.7 cm³/mol. The summed E-state index contributed by atoms with van der Waals surface area (Å²) in [4.78, 5) is 11.7. The Bertz CT molecular complexity index is 600. The molecular weight excluding hydrogens is 222 g/mol. The van der Waals surface area contributed by atoms with E-state index in [-0.39, 0.29) is 0 Å². The van der Waals surface area contributed by atoms with Crippen molar-refractivity contribution in [1.82, 2.24) is 9.97 Å². The zero-order valence-corrected chi connectivity index (χ0v) is 10.8. The van der Waals surface area contributed by atoms with Gasteiger partial charge in [-0.3, -0.25) is 0 Å². The molecule has 1 saturated carbocycles. The number of aromatic nitrogens is 2. The van der Waals surface area contributed by atoms with Crippen LogP contribution in [0, 0.1) is 0 Å². The Hall–Kier alpha value is -1.90. The second-order valence-corrected chi connectivity index (χ2v) is 4.76. The van der Waals surface area contributed by atoms with Crippen LogP contribution in [0.15, 0.2) is 30.3 Å². The quantitative estimate of drug-likeness (QED) is 0.823. The second-order valence-electron chi connectivity index (χ2n) is 4.76. The first-order valence-electron chi connectivity index (χ1n) is 6.42. The first kappa shape index (κ1) is 11.2. The molecule has 0 aliphatic heterocycles. The molecule has 1 fully saturated rings. The summed E-state index contributed by atoms with van der Waals surface area (Å²) in [7, 11) is 2.11. The van der Waals surface area contributed by atoms with Crippen LogP contribution in [0.2, 0.25) is 0 Å². The minimum absolute atomic E-state index is 0.643. The van der Waals surface area contributed by atoms with Crippen molar-refractivity contribution in [2.24, 2.45) is 0 Å². The van der Waals surface area contributed by atoms with Crippen molar-refractivity contribution in [3.05, 3.63) is 36.0 Å². The first-order valence-corrected chi connectivity index (χ1v) is 6.42. The lowest BCUT2D eigenvalue weighted by atomic mass is 10.2. The maximum atomic E-state index is 4.77. The van der Waals surface area contributed by atoms with Crippen LogP contribution < -0.4 is 4.90 Å². The van der Waals surface area contributed by atoms with E-state index < -0.39 is 0 Å². The lowest BCUT2D eigenvalue weighted by Gasteiger charge is -2.19. The number of allylic oxidation sites excluding steroid dienone is 1. The van der Waals surface area contributed by atoms with Gasteiger partial charge in [-0.1, -0.05) is 18.2 Å². The van der Waals surface area contributed by atoms with Crippen LogP contribution in [-0.4, -0.2) is 23.1 Å². The Balaban J connectivity index is 2.16. The molecule has 0 bridgehead atoms. The average molecular weight is 239 g/mol. The molecule has 3 nitrogen and oxygen atoms in total. The van der Waals surface area contributed by atoms with Crippen LogP contribution in [-0.2, 0) is 0 Å². The van der Waals surface area contributed by atoms with E-state index in [4.69, 9.17) is 9.97 Å². The maximum absolute atomic E-state index is 4.77. The fraction of sp³-hybridized carbons (Fsp3) is 0.333. The summed E-state index contributed by atoms with van der Waals surface area (Å²) < 4.78 is 0. The molecule has 0 radical (unpaired) electrons. The number of hydrogen-bond donors (Lipinski definition) is 0. The highest BCUT2D eigenvalue weighted by molar-refractivity contribution is 5.79. The van der Waals surface area contributed by atoms with Gasteiger partial charge in [-0.25, -0.2) is 9.97 Å². The first-order chi connectivity index (χ1) is 8.79. The molecule has 3 rings (SSSR count). The summed E-state index contributed by atoms with van der Waals surface area (Å²) in [5.41, 5.74) is 2.89. The van der Waals surface area contributed by atoms with Crippen molar-refractivity contribution in [1.29, 1.82) is 0 Å². The molecule has 2 aromatic rings. The molecular formula is C15H17N3. The molecule has 0 unspecified atom stereocenters. The average Bonchev–Trinajstić information content (AvgIpc) is 3.22. The smallest absolute Gasteiger partial charge is 0.155 e. The monoisotopic (exact) mass is 239 g/mol. The van der Waals surface area contributed by atoms with Crippen LogP contribution in [0.5, 0.6) is 0 Å². The van der Waals surface area contributed by atoms with E-state index in [2.05, 4.69) is 11.9 Å². The second kappa shape index (κ2) is 4.41. The van der Waals surface area contributed by atoms with Crippen molar-refractivity contribution in [2.75, 3.05) is 11.9 Å². The van der Waals surface area contributed by atoms with Crippen LogP contribution in [0.1, 0.15) is 25.5 Å². The summed E-state index contributed by atoms with van der Waals surface area (Å²) in [6, 6.07) is 8.68. The molecule has 0 amide bonds. The number of nitrogens with zero attached hydrogens (tertiary/aromatic N) is 3. The summed E-state index contributed by atoms with van der Waals surface area (Å²) >= 11 is 0. The van der Waals surface area contributed by atoms with Crippen LogP contribution >= 0.6 is 0 Å². The number of hydrogen-bond acceptors (Lipinski definition) is 3. The summed E-state index contributed by atoms with van der Waals surface area (Å²) in [6.07, 6.45) is 6.58. The standard InChI is InChI=1S/C15H17N3/c1-3-6-14-15(18(2)11-9-10-11)17-13-8-5-4-7-12(13)16-14/h3-8,11H,9-10H2,1-2H3/b6-3+. The largest absolute Gasteiger partial charge is 0.355 e. The fourth-order valence-electron chi connectivity index (χ4n) is 2.17. The number of anilines is 1. The fourth-order valence-corrected chi connectivity index (χ4v) is 2.17. The third-order valence-electron chi connectivity index (χ3n) is 3.33. The van der Waals surface area contributed by atoms with E-state index in [0.29, 0.717) is 6.04 Å². The zero-order valence-electron chi connectivity index (χ0n) is 10.8. The van der Waals surface area contributed by atoms with Gasteiger partial charge in [0.2, 0.25) is 0 Å². The van der Waals surface area contributed by atoms with E-state index in [1.165, 1.54) is 12.8 Å². The Labute approximate surface area is 107 Å². The van der Waals surface area contributed by atoms with Crippen molar-refractivity contribution >= 4 is 22.9 Å². The highest BCUT2D eigenvalue weighted by atomic mass is 15.2. The van der Waals surface area contributed by atoms with E-state index >= 15 is 0 Å². The molecule has 0 atom stereocenters. The highest BCUT2D eigenvalue weighted by Gasteiger charge is 2.28. The number of fused-ring (bicyclic) bond motifs is 1. The van der Waals surface area contributed by atoms with Gasteiger partial charge in [-0.05, 0) is 38.0 Å². The van der Waals surface area contributed by atoms with Gasteiger partial charge < -0.3 is 4.90 Å². The summed E-state index contributed by atoms with van der Waals surface area (Å²) in [5.74, 6) is 0.995. The molecule has 0 saturated heterocycles. The summed E-state index contributed by atoms with van der Waals surface area (Å²) in [6.45, 7) is 2.01. The SMILES string of the molecule is C/C=C/c1nc2ccccc2nc1N(C)C1CC1. The molecule has 0 N–H and O–H groups in total. The van der Waals surface area contributed by atoms with E-state index in [1.54, 1.807) is 0 Å². The van der Waals surface area contributed by atoms with Gasteiger partial charge in [0.1, 0.15) is 5.69 Å². The normalized spacial score (nSPS) is 15.4. The van der Waals surface area contributed by atoms with E-state index in [9.17, 15) is 0 Å². The molecule has 1 aliphatic rings. The Morgan fingerprint density at radius 2 is 1.83 bits per heavy atom. The Morgan fingerprint density at radius 1 is 1.17 bits per heavy atom. The molecule has 1 heterocycles. The molecule has 92 valence electrons. The van der Waals surface area contributed by atoms with Gasteiger partial charge in [0, 0.05) is 13.1 Å². The van der Waals surface area contributed by atoms with Crippen LogP contribution in [0.4, 0.5) is 5.82 Å². The molecule has 1 aromatic carbocycles. The van der Waals surface area contributed by atoms with Crippen molar-refractivity contribution < 1.29 is 0 Å². The molecule has 3 heteroatoms. The van der Waals surface area contributed by atoms with Gasteiger partial charge in [-0.15, -0.1) is 0 Å². The maximum Gasteiger partial charge on any atom is 0.155 e. The molecule has 1 aliphatic carbocycles. The third-order valence-corrected chi connectivity index (χ3v) is 3.33. The van der Waals surface area contributed by atoms with E-state index in [0.717, 1.165) is 22.5 Å². The predicted octanol–water partition coefficient (Wildman–Crippen LogP) is 3.26. The number of para-hydroxylation sites is 2. The molecule has 0 spiro atoms. The number of benzene rings is 1. The topological polar surface area (TPSA) is 29.0 Å². The highest BCUT2D eigenvalue weighted by Crippen LogP contribution is 2.31. The van der Waals surface area contributed by atoms with Gasteiger partial charge in [0.15, 0.2) is 5.82 Å². The zero-order chi connectivity index (χ0) is 12.5. The van der Waals surface area contributed by atoms with Gasteiger partial charge in [-0.2, -0.15) is 0 Å². The third kappa shape index (κ3) is 1.96. The van der Waals surface area contributed by atoms with Crippen molar-refractivity contribution in [3.63, 3.8) is 0 Å². The van der Waals surface area contributed by atoms with E-state index in [1.807, 2.05) is 43.3 Å². The van der Waals surface area contributed by atoms with Crippen molar-refractivity contribution in [2.45, 2.75) is 25.8 Å². The van der Waals surface area contributed by atoms with Gasteiger partial charge in [0.05, 0.1) is 11.0 Å². The summed E-state index contributed by atoms with van der Waals surface area (Å²) in [5, 5.41) is 0. The van der Waals surface area contributed by atoms with Gasteiger partial charge in [0.25, 0.3) is 0 Å². The molecule has 1 aromatic heterocycles. The van der Waals surface area contributed by atoms with Crippen LogP contribution in [0.25, 0.3) is 17.1 Å². The minimum Gasteiger partial charge on any atom is -0.355 e. The number of rotatable bonds is 3. The van der Waals surface area contributed by atoms with Crippen molar-refractivity contribution in [3.8, 4) is 0 Å². The van der Waals surface area contributed by atoms with Gasteiger partial charge >= 0.3 is 0 Å². The Morgan fingerprint density at radius 3 is 2.44 bits per heavy atom. The lowest BCUT2D eigenvalue weighted by molar-refractivity contribution is 0.889. The van der Waals surface area contributed by atoms with Crippen LogP contribution in [0.3, 0.4) is 0 Å².